The van der Waals surface area contributed by atoms with Gasteiger partial charge in [0.2, 0.25) is 11.8 Å². The van der Waals surface area contributed by atoms with Crippen LogP contribution >= 0.6 is 7.59 Å². The molecular weight excluding hydrogens is 305 g/mol. The molecule has 2 aliphatic heterocycles. The summed E-state index contributed by atoms with van der Waals surface area (Å²) >= 11 is 0. The minimum absolute atomic E-state index is 0.168. The van der Waals surface area contributed by atoms with E-state index < -0.39 is 19.7 Å². The molecule has 2 unspecified atom stereocenters. The van der Waals surface area contributed by atoms with Crippen molar-refractivity contribution in [3.05, 3.63) is 0 Å². The molecule has 3 atom stereocenters. The summed E-state index contributed by atoms with van der Waals surface area (Å²) in [4.78, 5) is 24.4. The molecule has 0 radical (unpaired) electrons. The molecule has 0 aliphatic carbocycles. The van der Waals surface area contributed by atoms with E-state index in [1.165, 1.54) is 9.34 Å². The summed E-state index contributed by atoms with van der Waals surface area (Å²) < 4.78 is 15.8. The van der Waals surface area contributed by atoms with Crippen LogP contribution in [-0.4, -0.2) is 52.9 Å². The Labute approximate surface area is 131 Å². The highest BCUT2D eigenvalue weighted by Gasteiger charge is 2.46. The van der Waals surface area contributed by atoms with Crippen molar-refractivity contribution in [3.8, 4) is 0 Å². The Morgan fingerprint density at radius 2 is 2.05 bits per heavy atom. The Morgan fingerprint density at radius 3 is 2.73 bits per heavy atom. The average molecular weight is 331 g/mol. The molecule has 9 heteroatoms. The van der Waals surface area contributed by atoms with Crippen molar-refractivity contribution < 1.29 is 14.2 Å². The van der Waals surface area contributed by atoms with Gasteiger partial charge in [-0.25, -0.2) is 4.67 Å². The molecule has 2 heterocycles. The quantitative estimate of drug-likeness (QED) is 0.609. The summed E-state index contributed by atoms with van der Waals surface area (Å²) in [7, 11) is -3.57. The van der Waals surface area contributed by atoms with Gasteiger partial charge in [-0.05, 0) is 32.1 Å². The highest BCUT2D eigenvalue weighted by molar-refractivity contribution is 7.57. The smallest absolute Gasteiger partial charge is 0.308 e. The molecular formula is C13H26N5O3P. The second kappa shape index (κ2) is 7.08. The third-order valence-corrected chi connectivity index (χ3v) is 6.55. The summed E-state index contributed by atoms with van der Waals surface area (Å²) in [5.41, 5.74) is 11.8. The first-order valence-corrected chi connectivity index (χ1v) is 9.58. The Bertz CT molecular complexity index is 486. The van der Waals surface area contributed by atoms with E-state index in [0.29, 0.717) is 38.9 Å². The van der Waals surface area contributed by atoms with Crippen molar-refractivity contribution in [2.75, 3.05) is 19.6 Å². The number of nitrogens with zero attached hydrogens (tertiary/aromatic N) is 2. The van der Waals surface area contributed by atoms with Gasteiger partial charge in [0.1, 0.15) is 0 Å². The van der Waals surface area contributed by atoms with Gasteiger partial charge in [0.15, 0.2) is 0 Å². The number of carbonyl (C=O) groups is 2. The molecule has 126 valence electrons. The summed E-state index contributed by atoms with van der Waals surface area (Å²) in [5, 5.41) is 2.81. The van der Waals surface area contributed by atoms with E-state index >= 15 is 0 Å². The van der Waals surface area contributed by atoms with E-state index in [0.717, 1.165) is 12.8 Å². The fraction of sp³-hybridized carbons (Fsp3) is 0.846. The number of hydrogen-bond donors (Lipinski definition) is 3. The second-order valence-electron chi connectivity index (χ2n) is 5.91. The number of hydrogen-bond acceptors (Lipinski definition) is 4. The summed E-state index contributed by atoms with van der Waals surface area (Å²) in [6.45, 7) is 3.33. The monoisotopic (exact) mass is 331 g/mol. The summed E-state index contributed by atoms with van der Waals surface area (Å²) in [6.07, 6.45) is 3.42. The van der Waals surface area contributed by atoms with Crippen LogP contribution in [-0.2, 0) is 14.2 Å². The maximum atomic E-state index is 13.1. The van der Waals surface area contributed by atoms with Crippen molar-refractivity contribution in [1.82, 2.24) is 14.7 Å². The molecule has 0 saturated carbocycles. The first-order valence-electron chi connectivity index (χ1n) is 7.90. The number of carbonyl (C=O) groups excluding carboxylic acids is 2. The lowest BCUT2D eigenvalue weighted by molar-refractivity contribution is -0.130. The van der Waals surface area contributed by atoms with Crippen LogP contribution in [0.1, 0.15) is 39.0 Å². The van der Waals surface area contributed by atoms with Gasteiger partial charge in [-0.3, -0.25) is 24.3 Å². The number of nitrogens with one attached hydrogen (secondary N) is 1. The van der Waals surface area contributed by atoms with E-state index in [1.54, 1.807) is 0 Å². The van der Waals surface area contributed by atoms with E-state index in [-0.39, 0.29) is 11.8 Å². The van der Waals surface area contributed by atoms with Crippen LogP contribution in [0.3, 0.4) is 0 Å². The molecule has 2 saturated heterocycles. The molecule has 5 N–H and O–H groups in total. The van der Waals surface area contributed by atoms with Gasteiger partial charge in [-0.1, -0.05) is 6.92 Å². The molecule has 2 fully saturated rings. The lowest BCUT2D eigenvalue weighted by Gasteiger charge is -2.39. The Kier molecular flexibility index (Phi) is 5.60. The molecule has 0 aromatic carbocycles. The number of nitrogens with two attached hydrogens (primary N) is 2. The van der Waals surface area contributed by atoms with Crippen molar-refractivity contribution in [1.29, 1.82) is 0 Å². The fourth-order valence-corrected chi connectivity index (χ4v) is 5.22. The summed E-state index contributed by atoms with van der Waals surface area (Å²) in [6, 6.07) is -1.19. The SMILES string of the molecule is CCCNC(=O)C1CCCN1P(N)(=O)N1CCC[C@H](N)C1=O. The van der Waals surface area contributed by atoms with E-state index in [1.807, 2.05) is 6.92 Å². The fourth-order valence-electron chi connectivity index (χ4n) is 3.04. The molecule has 8 nitrogen and oxygen atoms in total. The van der Waals surface area contributed by atoms with Crippen LogP contribution < -0.4 is 16.6 Å². The molecule has 0 aromatic heterocycles. The van der Waals surface area contributed by atoms with Crippen LogP contribution in [0, 0.1) is 0 Å². The van der Waals surface area contributed by atoms with Gasteiger partial charge in [0, 0.05) is 19.6 Å². The predicted molar refractivity (Wildman–Crippen MR) is 83.7 cm³/mol. The normalized spacial score (nSPS) is 29.4. The van der Waals surface area contributed by atoms with Gasteiger partial charge in [0.25, 0.3) is 0 Å². The zero-order valence-corrected chi connectivity index (χ0v) is 13.9. The van der Waals surface area contributed by atoms with Gasteiger partial charge in [0.05, 0.1) is 12.1 Å². The van der Waals surface area contributed by atoms with E-state index in [4.69, 9.17) is 11.2 Å². The van der Waals surface area contributed by atoms with Crippen LogP contribution in [0.5, 0.6) is 0 Å². The minimum Gasteiger partial charge on any atom is -0.355 e. The molecule has 0 aromatic rings. The molecule has 0 spiro atoms. The molecule has 2 amide bonds. The minimum atomic E-state index is -3.57. The maximum Gasteiger partial charge on any atom is 0.308 e. The Balaban J connectivity index is 2.15. The molecule has 22 heavy (non-hydrogen) atoms. The zero-order valence-electron chi connectivity index (χ0n) is 13.0. The molecule has 2 rings (SSSR count). The molecule has 2 aliphatic rings. The standard InChI is InChI=1S/C13H26N5O3P/c1-2-7-16-12(19)11-6-4-8-17(11)22(15,21)18-9-3-5-10(14)13(18)20/h10-11H,2-9,14H2,1H3,(H2,15,21)(H,16,19)/t10-,11?,22?/m0/s1. The van der Waals surface area contributed by atoms with Gasteiger partial charge in [-0.2, -0.15) is 0 Å². The van der Waals surface area contributed by atoms with Gasteiger partial charge >= 0.3 is 7.59 Å². The first-order chi connectivity index (χ1) is 10.4. The second-order valence-corrected chi connectivity index (χ2v) is 8.09. The zero-order chi connectivity index (χ0) is 16.3. The van der Waals surface area contributed by atoms with Gasteiger partial charge < -0.3 is 11.1 Å². The van der Waals surface area contributed by atoms with E-state index in [9.17, 15) is 14.2 Å². The third-order valence-electron chi connectivity index (χ3n) is 4.25. The van der Waals surface area contributed by atoms with Crippen molar-refractivity contribution >= 4 is 19.4 Å². The Hall–Kier alpha value is -0.950. The highest BCUT2D eigenvalue weighted by atomic mass is 31.2. The van der Waals surface area contributed by atoms with Gasteiger partial charge in [-0.15, -0.1) is 0 Å². The van der Waals surface area contributed by atoms with Crippen molar-refractivity contribution in [2.24, 2.45) is 11.2 Å². The van der Waals surface area contributed by atoms with Crippen LogP contribution in [0.15, 0.2) is 0 Å². The van der Waals surface area contributed by atoms with Crippen LogP contribution in [0.2, 0.25) is 0 Å². The average Bonchev–Trinajstić information content (AvgIpc) is 2.97. The highest BCUT2D eigenvalue weighted by Crippen LogP contribution is 2.51. The Morgan fingerprint density at radius 1 is 1.36 bits per heavy atom. The maximum absolute atomic E-state index is 13.1. The first kappa shape index (κ1) is 17.4. The summed E-state index contributed by atoms with van der Waals surface area (Å²) in [5.74, 6) is -0.546. The largest absolute Gasteiger partial charge is 0.355 e. The van der Waals surface area contributed by atoms with E-state index in [2.05, 4.69) is 5.32 Å². The lowest BCUT2D eigenvalue weighted by atomic mass is 10.1. The topological polar surface area (TPSA) is 122 Å². The predicted octanol–water partition coefficient (Wildman–Crippen LogP) is -0.00650. The van der Waals surface area contributed by atoms with Crippen molar-refractivity contribution in [2.45, 2.75) is 51.1 Å². The van der Waals surface area contributed by atoms with Crippen LogP contribution in [0.25, 0.3) is 0 Å². The van der Waals surface area contributed by atoms with Crippen LogP contribution in [0.4, 0.5) is 0 Å². The lowest BCUT2D eigenvalue weighted by Crippen LogP contribution is -2.52. The third kappa shape index (κ3) is 3.35. The number of rotatable bonds is 5. The molecule has 0 bridgehead atoms. The number of piperidine rings is 1. The number of amides is 2. The van der Waals surface area contributed by atoms with Crippen molar-refractivity contribution in [3.63, 3.8) is 0 Å².